The van der Waals surface area contributed by atoms with Crippen LogP contribution in [-0.2, 0) is 4.79 Å². The van der Waals surface area contributed by atoms with Gasteiger partial charge in [-0.05, 0) is 31.7 Å². The molecule has 0 aromatic carbocycles. The van der Waals surface area contributed by atoms with Gasteiger partial charge in [-0.25, -0.2) is 4.98 Å². The summed E-state index contributed by atoms with van der Waals surface area (Å²) in [5, 5.41) is 7.64. The van der Waals surface area contributed by atoms with Gasteiger partial charge in [0, 0.05) is 37.3 Å². The molecule has 6 heteroatoms. The molecule has 1 saturated heterocycles. The quantitative estimate of drug-likeness (QED) is 0.941. The van der Waals surface area contributed by atoms with Gasteiger partial charge in [0.1, 0.15) is 5.82 Å². The van der Waals surface area contributed by atoms with Gasteiger partial charge in [0.15, 0.2) is 5.65 Å². The Morgan fingerprint density at radius 3 is 2.87 bits per heavy atom. The number of carbonyl (C=O) groups is 1. The Kier molecular flexibility index (Phi) is 3.89. The summed E-state index contributed by atoms with van der Waals surface area (Å²) in [5.74, 6) is 1.55. The summed E-state index contributed by atoms with van der Waals surface area (Å²) in [6.07, 6.45) is 10.2. The molecule has 1 unspecified atom stereocenters. The zero-order valence-corrected chi connectivity index (χ0v) is 13.3. The molecule has 2 aromatic heterocycles. The number of hydrogen-bond donors (Lipinski definition) is 1. The van der Waals surface area contributed by atoms with E-state index in [0.29, 0.717) is 0 Å². The molecule has 1 saturated carbocycles. The normalized spacial score (nSPS) is 22.6. The van der Waals surface area contributed by atoms with Crippen LogP contribution in [0.2, 0.25) is 0 Å². The highest BCUT2D eigenvalue weighted by atomic mass is 16.2. The highest BCUT2D eigenvalue weighted by Gasteiger charge is 2.27. The van der Waals surface area contributed by atoms with Crippen LogP contribution >= 0.6 is 0 Å². The van der Waals surface area contributed by atoms with Crippen molar-refractivity contribution in [3.05, 3.63) is 24.5 Å². The van der Waals surface area contributed by atoms with Crippen molar-refractivity contribution in [1.82, 2.24) is 19.9 Å². The maximum absolute atomic E-state index is 12.4. The van der Waals surface area contributed by atoms with Crippen LogP contribution in [0.1, 0.15) is 38.5 Å². The van der Waals surface area contributed by atoms with Gasteiger partial charge in [0.25, 0.3) is 0 Å². The molecule has 2 aliphatic rings. The van der Waals surface area contributed by atoms with Crippen molar-refractivity contribution < 1.29 is 4.79 Å². The zero-order chi connectivity index (χ0) is 15.6. The largest absolute Gasteiger partial charge is 0.354 e. The maximum atomic E-state index is 12.4. The summed E-state index contributed by atoms with van der Waals surface area (Å²) < 4.78 is 1.88. The van der Waals surface area contributed by atoms with Crippen molar-refractivity contribution >= 4 is 17.4 Å². The fraction of sp³-hybridized carbons (Fsp3) is 0.588. The Bertz CT molecular complexity index is 691. The van der Waals surface area contributed by atoms with Gasteiger partial charge < -0.3 is 10.2 Å². The highest BCUT2D eigenvalue weighted by molar-refractivity contribution is 5.79. The Balaban J connectivity index is 1.46. The number of anilines is 1. The summed E-state index contributed by atoms with van der Waals surface area (Å²) in [5.41, 5.74) is 0.861. The Labute approximate surface area is 135 Å². The van der Waals surface area contributed by atoms with Gasteiger partial charge >= 0.3 is 0 Å². The second kappa shape index (κ2) is 6.18. The molecule has 6 nitrogen and oxygen atoms in total. The van der Waals surface area contributed by atoms with Crippen molar-refractivity contribution in [2.75, 3.05) is 18.0 Å². The minimum absolute atomic E-state index is 0.232. The molecule has 4 rings (SSSR count). The van der Waals surface area contributed by atoms with Gasteiger partial charge in [-0.15, -0.1) is 0 Å². The van der Waals surface area contributed by atoms with Gasteiger partial charge in [0.2, 0.25) is 5.91 Å². The van der Waals surface area contributed by atoms with Crippen molar-refractivity contribution in [2.24, 2.45) is 5.92 Å². The van der Waals surface area contributed by atoms with E-state index in [0.717, 1.165) is 50.2 Å². The number of rotatable bonds is 3. The highest BCUT2D eigenvalue weighted by Crippen LogP contribution is 2.26. The van der Waals surface area contributed by atoms with E-state index in [2.05, 4.69) is 20.3 Å². The average Bonchev–Trinajstić information content (AvgIpc) is 3.26. The standard InChI is InChI=1S/C17H23N5O/c23-17(13-4-1-2-5-13)20-14-6-3-11-21(12-14)16-8-9-18-15-7-10-19-22(15)16/h7-10,13-14H,1-6,11-12H2,(H,20,23). The number of hydrogen-bond acceptors (Lipinski definition) is 4. The maximum Gasteiger partial charge on any atom is 0.223 e. The number of carbonyl (C=O) groups excluding carboxylic acids is 1. The van der Waals surface area contributed by atoms with E-state index >= 15 is 0 Å². The summed E-state index contributed by atoms with van der Waals surface area (Å²) in [7, 11) is 0. The van der Waals surface area contributed by atoms with Crippen LogP contribution in [0.25, 0.3) is 5.65 Å². The third kappa shape index (κ3) is 2.90. The summed E-state index contributed by atoms with van der Waals surface area (Å²) in [6, 6.07) is 4.14. The number of amides is 1. The van der Waals surface area contributed by atoms with Crippen molar-refractivity contribution in [2.45, 2.75) is 44.6 Å². The predicted octanol–water partition coefficient (Wildman–Crippen LogP) is 2.00. The smallest absolute Gasteiger partial charge is 0.223 e. The third-order valence-electron chi connectivity index (χ3n) is 5.09. The fourth-order valence-electron chi connectivity index (χ4n) is 3.87. The first-order valence-corrected chi connectivity index (χ1v) is 8.65. The molecule has 0 spiro atoms. The lowest BCUT2D eigenvalue weighted by Gasteiger charge is -2.35. The van der Waals surface area contributed by atoms with E-state index in [-0.39, 0.29) is 17.9 Å². The lowest BCUT2D eigenvalue weighted by molar-refractivity contribution is -0.125. The van der Waals surface area contributed by atoms with Crippen LogP contribution in [0.3, 0.4) is 0 Å². The number of nitrogens with one attached hydrogen (secondary N) is 1. The van der Waals surface area contributed by atoms with E-state index in [9.17, 15) is 4.79 Å². The van der Waals surface area contributed by atoms with E-state index in [4.69, 9.17) is 0 Å². The monoisotopic (exact) mass is 313 g/mol. The van der Waals surface area contributed by atoms with Gasteiger partial charge in [-0.2, -0.15) is 9.61 Å². The summed E-state index contributed by atoms with van der Waals surface area (Å²) >= 11 is 0. The SMILES string of the molecule is O=C(NC1CCCN(c2ccnc3ccnn23)C1)C1CCCC1. The van der Waals surface area contributed by atoms with Crippen LogP contribution in [0.5, 0.6) is 0 Å². The molecular weight excluding hydrogens is 290 g/mol. The van der Waals surface area contributed by atoms with Crippen LogP contribution in [0.4, 0.5) is 5.82 Å². The molecule has 2 fully saturated rings. The van der Waals surface area contributed by atoms with E-state index in [1.165, 1.54) is 12.8 Å². The zero-order valence-electron chi connectivity index (χ0n) is 13.3. The van der Waals surface area contributed by atoms with Crippen molar-refractivity contribution in [1.29, 1.82) is 0 Å². The van der Waals surface area contributed by atoms with Gasteiger partial charge in [0.05, 0.1) is 6.20 Å². The first-order chi connectivity index (χ1) is 11.3. The molecule has 1 aliphatic carbocycles. The first kappa shape index (κ1) is 14.5. The number of aromatic nitrogens is 3. The fourth-order valence-corrected chi connectivity index (χ4v) is 3.87. The van der Waals surface area contributed by atoms with Crippen LogP contribution in [-0.4, -0.2) is 39.6 Å². The topological polar surface area (TPSA) is 62.5 Å². The third-order valence-corrected chi connectivity index (χ3v) is 5.09. The average molecular weight is 313 g/mol. The molecule has 122 valence electrons. The minimum atomic E-state index is 0.232. The number of piperidine rings is 1. The molecule has 0 radical (unpaired) electrons. The van der Waals surface area contributed by atoms with E-state index in [1.54, 1.807) is 6.20 Å². The van der Waals surface area contributed by atoms with Crippen LogP contribution in [0.15, 0.2) is 24.5 Å². The molecule has 0 bridgehead atoms. The Hall–Kier alpha value is -2.11. The molecule has 1 atom stereocenters. The second-order valence-corrected chi connectivity index (χ2v) is 6.68. The van der Waals surface area contributed by atoms with E-state index < -0.39 is 0 Å². The lowest BCUT2D eigenvalue weighted by Crippen LogP contribution is -2.49. The molecule has 3 heterocycles. The van der Waals surface area contributed by atoms with Crippen molar-refractivity contribution in [3.8, 4) is 0 Å². The van der Waals surface area contributed by atoms with Gasteiger partial charge in [-0.3, -0.25) is 4.79 Å². The molecule has 1 amide bonds. The predicted molar refractivity (Wildman–Crippen MR) is 88.3 cm³/mol. The Morgan fingerprint density at radius 1 is 1.13 bits per heavy atom. The molecule has 2 aromatic rings. The molecule has 1 N–H and O–H groups in total. The van der Waals surface area contributed by atoms with Gasteiger partial charge in [-0.1, -0.05) is 12.8 Å². The Morgan fingerprint density at radius 2 is 2.00 bits per heavy atom. The molecule has 23 heavy (non-hydrogen) atoms. The van der Waals surface area contributed by atoms with E-state index in [1.807, 2.05) is 22.8 Å². The second-order valence-electron chi connectivity index (χ2n) is 6.68. The minimum Gasteiger partial charge on any atom is -0.354 e. The first-order valence-electron chi connectivity index (χ1n) is 8.65. The van der Waals surface area contributed by atoms with Crippen LogP contribution in [0, 0.1) is 5.92 Å². The molecule has 1 aliphatic heterocycles. The summed E-state index contributed by atoms with van der Waals surface area (Å²) in [6.45, 7) is 1.84. The number of nitrogens with zero attached hydrogens (tertiary/aromatic N) is 4. The molecular formula is C17H23N5O. The lowest BCUT2D eigenvalue weighted by atomic mass is 10.0. The van der Waals surface area contributed by atoms with Crippen LogP contribution < -0.4 is 10.2 Å². The van der Waals surface area contributed by atoms with Crippen molar-refractivity contribution in [3.63, 3.8) is 0 Å². The number of fused-ring (bicyclic) bond motifs is 1. The summed E-state index contributed by atoms with van der Waals surface area (Å²) in [4.78, 5) is 19.0.